The molecule has 0 saturated carbocycles. The van der Waals surface area contributed by atoms with Gasteiger partial charge < -0.3 is 14.4 Å². The zero-order chi connectivity index (χ0) is 15.8. The first-order chi connectivity index (χ1) is 11.3. The minimum atomic E-state index is 0.803. The van der Waals surface area contributed by atoms with E-state index in [2.05, 4.69) is 22.0 Å². The lowest BCUT2D eigenvalue weighted by Gasteiger charge is -2.23. The van der Waals surface area contributed by atoms with Gasteiger partial charge in [-0.25, -0.2) is 0 Å². The van der Waals surface area contributed by atoms with Crippen LogP contribution in [0.15, 0.2) is 48.7 Å². The van der Waals surface area contributed by atoms with Gasteiger partial charge in [-0.3, -0.25) is 4.98 Å². The first kappa shape index (κ1) is 13.9. The molecule has 1 aliphatic rings. The van der Waals surface area contributed by atoms with Crippen molar-refractivity contribution in [2.75, 3.05) is 25.7 Å². The molecule has 0 unspecified atom stereocenters. The predicted octanol–water partition coefficient (Wildman–Crippen LogP) is 3.95. The number of hydrogen-bond acceptors (Lipinski definition) is 4. The SMILES string of the molecule is COc1ccccc1N1CCc2cnc3c(OC)cccc3c21. The van der Waals surface area contributed by atoms with Crippen molar-refractivity contribution in [2.24, 2.45) is 0 Å². The summed E-state index contributed by atoms with van der Waals surface area (Å²) in [5.74, 6) is 1.69. The minimum Gasteiger partial charge on any atom is -0.495 e. The maximum Gasteiger partial charge on any atom is 0.145 e. The molecular formula is C19H18N2O2. The fraction of sp³-hybridized carbons (Fsp3) is 0.211. The van der Waals surface area contributed by atoms with Crippen LogP contribution in [0.2, 0.25) is 0 Å². The van der Waals surface area contributed by atoms with Crippen LogP contribution in [0.1, 0.15) is 5.56 Å². The summed E-state index contributed by atoms with van der Waals surface area (Å²) in [6.07, 6.45) is 2.95. The quantitative estimate of drug-likeness (QED) is 0.734. The molecule has 4 heteroatoms. The number of para-hydroxylation sites is 3. The average molecular weight is 306 g/mol. The standard InChI is InChI=1S/C19H18N2O2/c1-22-16-8-4-3-7-15(16)21-11-10-13-12-20-18-14(19(13)21)6-5-9-17(18)23-2/h3-9,12H,10-11H2,1-2H3. The smallest absolute Gasteiger partial charge is 0.145 e. The van der Waals surface area contributed by atoms with Crippen molar-refractivity contribution in [1.82, 2.24) is 4.98 Å². The lowest BCUT2D eigenvalue weighted by atomic mass is 10.1. The number of benzene rings is 2. The summed E-state index contributed by atoms with van der Waals surface area (Å²) in [4.78, 5) is 6.93. The van der Waals surface area contributed by atoms with Crippen LogP contribution < -0.4 is 14.4 Å². The molecule has 1 aliphatic heterocycles. The van der Waals surface area contributed by atoms with Crippen LogP contribution >= 0.6 is 0 Å². The van der Waals surface area contributed by atoms with E-state index >= 15 is 0 Å². The van der Waals surface area contributed by atoms with Crippen molar-refractivity contribution >= 4 is 22.3 Å². The largest absolute Gasteiger partial charge is 0.495 e. The Morgan fingerprint density at radius 3 is 2.57 bits per heavy atom. The molecular weight excluding hydrogens is 288 g/mol. The number of hydrogen-bond donors (Lipinski definition) is 0. The van der Waals surface area contributed by atoms with Crippen molar-refractivity contribution in [3.8, 4) is 11.5 Å². The van der Waals surface area contributed by atoms with Gasteiger partial charge in [0.2, 0.25) is 0 Å². The molecule has 0 N–H and O–H groups in total. The van der Waals surface area contributed by atoms with Gasteiger partial charge in [0.25, 0.3) is 0 Å². The second kappa shape index (κ2) is 5.47. The number of aromatic nitrogens is 1. The van der Waals surface area contributed by atoms with E-state index in [-0.39, 0.29) is 0 Å². The van der Waals surface area contributed by atoms with E-state index in [0.717, 1.165) is 41.1 Å². The summed E-state index contributed by atoms with van der Waals surface area (Å²) in [6.45, 7) is 0.924. The lowest BCUT2D eigenvalue weighted by molar-refractivity contribution is 0.415. The summed E-state index contributed by atoms with van der Waals surface area (Å²) >= 11 is 0. The summed E-state index contributed by atoms with van der Waals surface area (Å²) in [5, 5.41) is 1.12. The van der Waals surface area contributed by atoms with Gasteiger partial charge in [0.05, 0.1) is 25.6 Å². The molecule has 0 bridgehead atoms. The highest BCUT2D eigenvalue weighted by molar-refractivity contribution is 5.99. The number of ether oxygens (including phenoxy) is 2. The first-order valence-corrected chi connectivity index (χ1v) is 7.68. The lowest BCUT2D eigenvalue weighted by Crippen LogP contribution is -2.14. The van der Waals surface area contributed by atoms with E-state index < -0.39 is 0 Å². The van der Waals surface area contributed by atoms with Crippen LogP contribution in [0.4, 0.5) is 11.4 Å². The predicted molar refractivity (Wildman–Crippen MR) is 92.0 cm³/mol. The zero-order valence-electron chi connectivity index (χ0n) is 13.2. The van der Waals surface area contributed by atoms with Gasteiger partial charge in [-0.2, -0.15) is 0 Å². The number of pyridine rings is 1. The van der Waals surface area contributed by atoms with Gasteiger partial charge in [-0.05, 0) is 30.2 Å². The van der Waals surface area contributed by atoms with E-state index in [1.807, 2.05) is 36.5 Å². The zero-order valence-corrected chi connectivity index (χ0v) is 13.2. The third-order valence-electron chi connectivity index (χ3n) is 4.38. The Bertz CT molecular complexity index is 876. The van der Waals surface area contributed by atoms with Gasteiger partial charge in [0.15, 0.2) is 0 Å². The maximum absolute atomic E-state index is 5.55. The summed E-state index contributed by atoms with van der Waals surface area (Å²) < 4.78 is 11.0. The Balaban J connectivity index is 1.96. The van der Waals surface area contributed by atoms with Crippen molar-refractivity contribution in [2.45, 2.75) is 6.42 Å². The maximum atomic E-state index is 5.55. The summed E-state index contributed by atoms with van der Waals surface area (Å²) in [5.41, 5.74) is 4.45. The Kier molecular flexibility index (Phi) is 3.30. The average Bonchev–Trinajstić information content (AvgIpc) is 3.05. The molecule has 0 aliphatic carbocycles. The number of rotatable bonds is 3. The second-order valence-electron chi connectivity index (χ2n) is 5.56. The van der Waals surface area contributed by atoms with Crippen LogP contribution in [0.3, 0.4) is 0 Å². The molecule has 2 aromatic carbocycles. The fourth-order valence-electron chi connectivity index (χ4n) is 3.33. The van der Waals surface area contributed by atoms with Crippen LogP contribution in [0.5, 0.6) is 11.5 Å². The number of fused-ring (bicyclic) bond motifs is 3. The highest BCUT2D eigenvalue weighted by Gasteiger charge is 2.26. The number of anilines is 2. The Morgan fingerprint density at radius 2 is 1.74 bits per heavy atom. The molecule has 0 amide bonds. The third kappa shape index (κ3) is 2.10. The molecule has 0 radical (unpaired) electrons. The molecule has 1 aromatic heterocycles. The highest BCUT2D eigenvalue weighted by atomic mass is 16.5. The summed E-state index contributed by atoms with van der Waals surface area (Å²) in [6, 6.07) is 14.2. The molecule has 0 atom stereocenters. The number of methoxy groups -OCH3 is 2. The highest BCUT2D eigenvalue weighted by Crippen LogP contribution is 2.43. The first-order valence-electron chi connectivity index (χ1n) is 7.68. The van der Waals surface area contributed by atoms with Crippen LogP contribution in [0.25, 0.3) is 10.9 Å². The van der Waals surface area contributed by atoms with Gasteiger partial charge in [-0.15, -0.1) is 0 Å². The van der Waals surface area contributed by atoms with E-state index in [4.69, 9.17) is 9.47 Å². The molecule has 3 aromatic rings. The molecule has 116 valence electrons. The molecule has 0 fully saturated rings. The van der Waals surface area contributed by atoms with Gasteiger partial charge in [-0.1, -0.05) is 24.3 Å². The van der Waals surface area contributed by atoms with Gasteiger partial charge in [0, 0.05) is 18.1 Å². The Labute approximate surface area is 135 Å². The van der Waals surface area contributed by atoms with Crippen molar-refractivity contribution < 1.29 is 9.47 Å². The topological polar surface area (TPSA) is 34.6 Å². The van der Waals surface area contributed by atoms with E-state index in [1.54, 1.807) is 14.2 Å². The van der Waals surface area contributed by atoms with Crippen molar-refractivity contribution in [1.29, 1.82) is 0 Å². The van der Waals surface area contributed by atoms with Crippen molar-refractivity contribution in [3.63, 3.8) is 0 Å². The molecule has 23 heavy (non-hydrogen) atoms. The number of nitrogens with zero attached hydrogens (tertiary/aromatic N) is 2. The van der Waals surface area contributed by atoms with Gasteiger partial charge in [0.1, 0.15) is 17.0 Å². The summed E-state index contributed by atoms with van der Waals surface area (Å²) in [7, 11) is 3.39. The minimum absolute atomic E-state index is 0.803. The molecule has 0 saturated heterocycles. The second-order valence-corrected chi connectivity index (χ2v) is 5.56. The molecule has 4 rings (SSSR count). The third-order valence-corrected chi connectivity index (χ3v) is 4.38. The van der Waals surface area contributed by atoms with E-state index in [0.29, 0.717) is 0 Å². The van der Waals surface area contributed by atoms with Crippen LogP contribution in [0, 0.1) is 0 Å². The monoisotopic (exact) mass is 306 g/mol. The molecule has 2 heterocycles. The van der Waals surface area contributed by atoms with E-state index in [1.165, 1.54) is 11.3 Å². The van der Waals surface area contributed by atoms with Crippen LogP contribution in [-0.4, -0.2) is 25.7 Å². The van der Waals surface area contributed by atoms with Gasteiger partial charge >= 0.3 is 0 Å². The van der Waals surface area contributed by atoms with Crippen LogP contribution in [-0.2, 0) is 6.42 Å². The molecule has 4 nitrogen and oxygen atoms in total. The van der Waals surface area contributed by atoms with E-state index in [9.17, 15) is 0 Å². The van der Waals surface area contributed by atoms with Crippen molar-refractivity contribution in [3.05, 3.63) is 54.2 Å². The Morgan fingerprint density at radius 1 is 0.957 bits per heavy atom. The normalized spacial score (nSPS) is 13.2. The Hall–Kier alpha value is -2.75. The fourth-order valence-corrected chi connectivity index (χ4v) is 3.33. The molecule has 0 spiro atoms.